The van der Waals surface area contributed by atoms with Gasteiger partial charge in [0.2, 0.25) is 0 Å². The van der Waals surface area contributed by atoms with E-state index in [4.69, 9.17) is 17.2 Å². The highest BCUT2D eigenvalue weighted by atomic mass is 16.6. The van der Waals surface area contributed by atoms with E-state index in [0.717, 1.165) is 5.56 Å². The Morgan fingerprint density at radius 2 is 2.31 bits per heavy atom. The number of hydrogen-bond acceptors (Lipinski definition) is 4. The third-order valence-electron chi connectivity index (χ3n) is 1.52. The van der Waals surface area contributed by atoms with Crippen molar-refractivity contribution in [1.82, 2.24) is 0 Å². The molecule has 0 bridgehead atoms. The number of rotatable bonds is 3. The van der Waals surface area contributed by atoms with Crippen molar-refractivity contribution in [3.63, 3.8) is 0 Å². The van der Waals surface area contributed by atoms with Crippen LogP contribution in [0.1, 0.15) is 5.56 Å². The van der Waals surface area contributed by atoms with Crippen LogP contribution >= 0.6 is 0 Å². The zero-order valence-corrected chi connectivity index (χ0v) is 6.84. The summed E-state index contributed by atoms with van der Waals surface area (Å²) in [4.78, 5) is 7.11. The van der Waals surface area contributed by atoms with Crippen LogP contribution in [0.15, 0.2) is 23.3 Å². The first-order chi connectivity index (χ1) is 6.27. The summed E-state index contributed by atoms with van der Waals surface area (Å²) in [6.07, 6.45) is 0. The van der Waals surface area contributed by atoms with E-state index < -0.39 is 0 Å². The lowest BCUT2D eigenvalue weighted by atomic mass is 10.2. The number of benzene rings is 1. The third kappa shape index (κ3) is 2.26. The van der Waals surface area contributed by atoms with Gasteiger partial charge in [0.15, 0.2) is 5.75 Å². The summed E-state index contributed by atoms with van der Waals surface area (Å²) >= 11 is 0. The van der Waals surface area contributed by atoms with Gasteiger partial charge in [-0.1, -0.05) is 11.2 Å². The molecule has 0 unspecified atom stereocenters. The topological polar surface area (TPSA) is 110 Å². The van der Waals surface area contributed by atoms with Crippen LogP contribution < -0.4 is 16.5 Å². The number of nitrogens with two attached hydrogens (primary N) is 2. The molecule has 0 aliphatic heterocycles. The van der Waals surface area contributed by atoms with Gasteiger partial charge in [-0.15, -0.1) is 0 Å². The summed E-state index contributed by atoms with van der Waals surface area (Å²) in [5.74, 6) is 5.35. The Hall–Kier alpha value is -1.91. The van der Waals surface area contributed by atoms with Gasteiger partial charge in [0.25, 0.3) is 0 Å². The number of azide groups is 1. The predicted octanol–water partition coefficient (Wildman–Crippen LogP) is 1.33. The van der Waals surface area contributed by atoms with Crippen molar-refractivity contribution >= 4 is 5.69 Å². The first-order valence-electron chi connectivity index (χ1n) is 3.54. The Labute approximate surface area is 74.7 Å². The van der Waals surface area contributed by atoms with E-state index in [9.17, 15) is 0 Å². The fourth-order valence-electron chi connectivity index (χ4n) is 0.917. The molecule has 13 heavy (non-hydrogen) atoms. The lowest BCUT2D eigenvalue weighted by Crippen LogP contribution is -2.04. The minimum atomic E-state index is 0.269. The fraction of sp³-hybridized carbons (Fsp3) is 0.143. The Balaban J connectivity index is 2.88. The molecule has 0 aliphatic carbocycles. The molecule has 6 heteroatoms. The first kappa shape index (κ1) is 9.18. The molecule has 68 valence electrons. The Bertz CT molecular complexity index is 345. The second kappa shape index (κ2) is 4.20. The van der Waals surface area contributed by atoms with Gasteiger partial charge in [0.1, 0.15) is 0 Å². The molecule has 6 nitrogen and oxygen atoms in total. The molecule has 1 rings (SSSR count). The van der Waals surface area contributed by atoms with Gasteiger partial charge in [-0.25, -0.2) is 0 Å². The Morgan fingerprint density at radius 1 is 1.54 bits per heavy atom. The van der Waals surface area contributed by atoms with E-state index in [1.165, 1.54) is 0 Å². The summed E-state index contributed by atoms with van der Waals surface area (Å²) in [6.45, 7) is 0.269. The van der Waals surface area contributed by atoms with E-state index in [-0.39, 0.29) is 6.54 Å². The number of nitrogens with zero attached hydrogens (tertiary/aromatic N) is 3. The molecule has 0 saturated carbocycles. The molecule has 0 aromatic heterocycles. The molecule has 0 spiro atoms. The minimum absolute atomic E-state index is 0.269. The van der Waals surface area contributed by atoms with Crippen molar-refractivity contribution in [2.75, 3.05) is 5.73 Å². The molecule has 0 radical (unpaired) electrons. The van der Waals surface area contributed by atoms with Crippen molar-refractivity contribution in [3.05, 3.63) is 34.2 Å². The first-order valence-corrected chi connectivity index (χ1v) is 3.54. The maximum Gasteiger partial charge on any atom is 0.169 e. The molecule has 1 aromatic rings. The van der Waals surface area contributed by atoms with Crippen LogP contribution in [0, 0.1) is 0 Å². The zero-order chi connectivity index (χ0) is 9.68. The highest BCUT2D eigenvalue weighted by Crippen LogP contribution is 2.21. The fourth-order valence-corrected chi connectivity index (χ4v) is 0.917. The van der Waals surface area contributed by atoms with Crippen LogP contribution in [0.5, 0.6) is 5.75 Å². The van der Waals surface area contributed by atoms with Gasteiger partial charge in [0, 0.05) is 4.91 Å². The average Bonchev–Trinajstić information content (AvgIpc) is 2.15. The number of anilines is 1. The monoisotopic (exact) mass is 179 g/mol. The lowest BCUT2D eigenvalue weighted by Gasteiger charge is -2.03. The van der Waals surface area contributed by atoms with Gasteiger partial charge in [0.05, 0.1) is 12.2 Å². The third-order valence-corrected chi connectivity index (χ3v) is 1.52. The smallest absolute Gasteiger partial charge is 0.169 e. The minimum Gasteiger partial charge on any atom is -0.409 e. The van der Waals surface area contributed by atoms with Gasteiger partial charge in [-0.2, -0.15) is 5.90 Å². The van der Waals surface area contributed by atoms with Gasteiger partial charge in [-0.3, -0.25) is 0 Å². The van der Waals surface area contributed by atoms with E-state index in [1.54, 1.807) is 18.2 Å². The van der Waals surface area contributed by atoms with Crippen LogP contribution in [0.3, 0.4) is 0 Å². The molecule has 0 amide bonds. The van der Waals surface area contributed by atoms with Gasteiger partial charge >= 0.3 is 0 Å². The summed E-state index contributed by atoms with van der Waals surface area (Å²) in [5, 5.41) is 3.39. The Morgan fingerprint density at radius 3 is 2.85 bits per heavy atom. The second-order valence-electron chi connectivity index (χ2n) is 2.38. The van der Waals surface area contributed by atoms with Crippen LogP contribution in [0.4, 0.5) is 5.69 Å². The maximum absolute atomic E-state index is 8.08. The zero-order valence-electron chi connectivity index (χ0n) is 6.84. The summed E-state index contributed by atoms with van der Waals surface area (Å²) < 4.78 is 0. The molecular weight excluding hydrogens is 170 g/mol. The molecular formula is C7H9N5O. The quantitative estimate of drug-likeness (QED) is 0.240. The molecule has 1 aromatic carbocycles. The highest BCUT2D eigenvalue weighted by Gasteiger charge is 1.99. The van der Waals surface area contributed by atoms with E-state index in [2.05, 4.69) is 14.9 Å². The summed E-state index contributed by atoms with van der Waals surface area (Å²) in [5.41, 5.74) is 14.9. The molecule has 0 saturated heterocycles. The predicted molar refractivity (Wildman–Crippen MR) is 48.5 cm³/mol. The second-order valence-corrected chi connectivity index (χ2v) is 2.38. The molecule has 0 heterocycles. The SMILES string of the molecule is [N-]=[N+]=NCc1ccc(ON)c(N)c1. The highest BCUT2D eigenvalue weighted by molar-refractivity contribution is 5.54. The summed E-state index contributed by atoms with van der Waals surface area (Å²) in [7, 11) is 0. The lowest BCUT2D eigenvalue weighted by molar-refractivity contribution is 0.336. The van der Waals surface area contributed by atoms with Crippen molar-refractivity contribution in [2.24, 2.45) is 11.0 Å². The van der Waals surface area contributed by atoms with E-state index in [0.29, 0.717) is 11.4 Å². The van der Waals surface area contributed by atoms with Crippen molar-refractivity contribution in [3.8, 4) is 5.75 Å². The van der Waals surface area contributed by atoms with Crippen molar-refractivity contribution in [2.45, 2.75) is 6.54 Å². The normalized spacial score (nSPS) is 9.00. The van der Waals surface area contributed by atoms with Crippen molar-refractivity contribution < 1.29 is 4.84 Å². The van der Waals surface area contributed by atoms with Crippen LogP contribution in [0.2, 0.25) is 0 Å². The van der Waals surface area contributed by atoms with Crippen LogP contribution in [-0.2, 0) is 6.54 Å². The molecule has 4 N–H and O–H groups in total. The Kier molecular flexibility index (Phi) is 2.97. The molecule has 0 aliphatic rings. The van der Waals surface area contributed by atoms with Gasteiger partial charge < -0.3 is 10.6 Å². The molecule has 0 fully saturated rings. The van der Waals surface area contributed by atoms with Crippen LogP contribution in [0.25, 0.3) is 10.4 Å². The standard InChI is InChI=1S/C7H9N5O/c8-6-3-5(4-11-12-9)1-2-7(6)13-10/h1-3H,4,8,10H2. The van der Waals surface area contributed by atoms with E-state index >= 15 is 0 Å². The van der Waals surface area contributed by atoms with Crippen molar-refractivity contribution in [1.29, 1.82) is 0 Å². The average molecular weight is 179 g/mol. The van der Waals surface area contributed by atoms with Crippen LogP contribution in [-0.4, -0.2) is 0 Å². The maximum atomic E-state index is 8.08. The van der Waals surface area contributed by atoms with E-state index in [1.807, 2.05) is 0 Å². The number of hydrogen-bond donors (Lipinski definition) is 2. The molecule has 0 atom stereocenters. The number of nitrogen functional groups attached to an aromatic ring is 1. The largest absolute Gasteiger partial charge is 0.409 e. The summed E-state index contributed by atoms with van der Waals surface area (Å²) in [6, 6.07) is 5.00. The van der Waals surface area contributed by atoms with Gasteiger partial charge in [-0.05, 0) is 23.2 Å².